The molecule has 0 amide bonds. The van der Waals surface area contributed by atoms with Gasteiger partial charge in [0.05, 0.1) is 0 Å². The molecule has 0 saturated heterocycles. The maximum Gasteiger partial charge on any atom is 0.105 e. The molecule has 4 heteroatoms. The zero-order valence-electron chi connectivity index (χ0n) is 9.43. The second-order valence-corrected chi connectivity index (χ2v) is 3.18. The van der Waals surface area contributed by atoms with Crippen LogP contribution in [-0.4, -0.2) is 26.7 Å². The fraction of sp³-hybridized carbons (Fsp3) is 0.333. The average Bonchev–Trinajstić information content (AvgIpc) is 2.84. The molecule has 2 N–H and O–H groups in total. The number of hydrogen-bond acceptors (Lipinski definition) is 3. The van der Waals surface area contributed by atoms with E-state index >= 15 is 0 Å². The van der Waals surface area contributed by atoms with Crippen LogP contribution in [0.2, 0.25) is 0 Å². The number of H-pyrrole nitrogens is 1. The molecule has 0 saturated carbocycles. The molecule has 0 fully saturated rings. The van der Waals surface area contributed by atoms with Crippen LogP contribution in [0.4, 0.5) is 0 Å². The molecule has 0 bridgehead atoms. The van der Waals surface area contributed by atoms with Crippen LogP contribution in [-0.2, 0) is 12.8 Å². The smallest absolute Gasteiger partial charge is 0.105 e. The van der Waals surface area contributed by atoms with Crippen molar-refractivity contribution in [2.75, 3.05) is 6.61 Å². The number of aromatic nitrogens is 3. The zero-order chi connectivity index (χ0) is 11.6. The van der Waals surface area contributed by atoms with Gasteiger partial charge in [0.1, 0.15) is 5.82 Å². The Labute approximate surface area is 95.4 Å². The lowest BCUT2D eigenvalue weighted by Gasteiger charge is -1.92. The summed E-state index contributed by atoms with van der Waals surface area (Å²) in [4.78, 5) is 11.0. The van der Waals surface area contributed by atoms with E-state index in [1.165, 1.54) is 0 Å². The van der Waals surface area contributed by atoms with Crippen molar-refractivity contribution in [2.24, 2.45) is 0 Å². The van der Waals surface area contributed by atoms with Crippen molar-refractivity contribution in [2.45, 2.75) is 19.8 Å². The first-order valence-corrected chi connectivity index (χ1v) is 5.35. The van der Waals surface area contributed by atoms with Gasteiger partial charge in [0.2, 0.25) is 0 Å². The summed E-state index contributed by atoms with van der Waals surface area (Å²) in [6.07, 6.45) is 6.97. The number of nitrogens with zero attached hydrogens (tertiary/aromatic N) is 2. The van der Waals surface area contributed by atoms with Gasteiger partial charge in [0.25, 0.3) is 0 Å². The highest BCUT2D eigenvalue weighted by Crippen LogP contribution is 1.92. The molecule has 0 unspecified atom stereocenters. The van der Waals surface area contributed by atoms with Crippen molar-refractivity contribution in [3.05, 3.63) is 48.3 Å². The number of pyridine rings is 1. The van der Waals surface area contributed by atoms with Gasteiger partial charge in [-0.15, -0.1) is 0 Å². The van der Waals surface area contributed by atoms with E-state index in [4.69, 9.17) is 5.11 Å². The lowest BCUT2D eigenvalue weighted by atomic mass is 10.3. The largest absolute Gasteiger partial charge is 0.396 e. The summed E-state index contributed by atoms with van der Waals surface area (Å²) in [6.45, 7) is 2.25. The molecule has 2 aromatic heterocycles. The second kappa shape index (κ2) is 7.59. The molecule has 0 spiro atoms. The van der Waals surface area contributed by atoms with E-state index in [0.29, 0.717) is 6.42 Å². The summed E-state index contributed by atoms with van der Waals surface area (Å²) in [5, 5.41) is 8.48. The minimum atomic E-state index is 0.178. The number of imidazole rings is 1. The van der Waals surface area contributed by atoms with Crippen molar-refractivity contribution in [3.8, 4) is 0 Å². The number of aromatic amines is 1. The van der Waals surface area contributed by atoms with E-state index in [1.54, 1.807) is 12.4 Å². The molecule has 86 valence electrons. The standard InChI is InChI=1S/C7H9NO.C5H8N2/c9-6-4-7-3-1-2-5-8-7;1-2-5-6-3-4-7-5/h1-3,5,9H,4,6H2;3-4H,2H2,1H3,(H,6,7). The highest BCUT2D eigenvalue weighted by Gasteiger charge is 1.87. The molecule has 16 heavy (non-hydrogen) atoms. The van der Waals surface area contributed by atoms with E-state index in [2.05, 4.69) is 21.9 Å². The van der Waals surface area contributed by atoms with E-state index in [1.807, 2.05) is 24.4 Å². The van der Waals surface area contributed by atoms with Gasteiger partial charge in [-0.25, -0.2) is 4.98 Å². The molecule has 0 aliphatic heterocycles. The van der Waals surface area contributed by atoms with Crippen molar-refractivity contribution >= 4 is 0 Å². The summed E-state index contributed by atoms with van der Waals surface area (Å²) in [6, 6.07) is 5.68. The third-order valence-electron chi connectivity index (χ3n) is 1.98. The third kappa shape index (κ3) is 4.70. The van der Waals surface area contributed by atoms with E-state index in [-0.39, 0.29) is 6.61 Å². The maximum atomic E-state index is 8.48. The molecule has 0 aliphatic carbocycles. The maximum absolute atomic E-state index is 8.48. The lowest BCUT2D eigenvalue weighted by molar-refractivity contribution is 0.298. The predicted octanol–water partition coefficient (Wildman–Crippen LogP) is 1.59. The predicted molar refractivity (Wildman–Crippen MR) is 63.0 cm³/mol. The summed E-state index contributed by atoms with van der Waals surface area (Å²) >= 11 is 0. The molecule has 2 aromatic rings. The first-order chi connectivity index (χ1) is 7.86. The van der Waals surface area contributed by atoms with Crippen molar-refractivity contribution in [1.29, 1.82) is 0 Å². The quantitative estimate of drug-likeness (QED) is 0.824. The topological polar surface area (TPSA) is 61.8 Å². The normalized spacial score (nSPS) is 9.38. The van der Waals surface area contributed by atoms with Crippen molar-refractivity contribution in [1.82, 2.24) is 15.0 Å². The molecule has 2 heterocycles. The Morgan fingerprint density at radius 3 is 2.56 bits per heavy atom. The number of aliphatic hydroxyl groups is 1. The summed E-state index contributed by atoms with van der Waals surface area (Å²) in [7, 11) is 0. The molecule has 0 aliphatic rings. The van der Waals surface area contributed by atoms with Crippen LogP contribution in [0, 0.1) is 0 Å². The van der Waals surface area contributed by atoms with Crippen LogP contribution in [0.25, 0.3) is 0 Å². The van der Waals surface area contributed by atoms with E-state index < -0.39 is 0 Å². The Balaban J connectivity index is 0.000000165. The molecular formula is C12H17N3O. The van der Waals surface area contributed by atoms with Crippen LogP contribution < -0.4 is 0 Å². The Bertz CT molecular complexity index is 359. The SMILES string of the molecule is CCc1ncc[nH]1.OCCc1ccccn1. The minimum Gasteiger partial charge on any atom is -0.396 e. The van der Waals surface area contributed by atoms with Crippen LogP contribution in [0.1, 0.15) is 18.4 Å². The van der Waals surface area contributed by atoms with Gasteiger partial charge in [-0.3, -0.25) is 4.98 Å². The number of aliphatic hydroxyl groups excluding tert-OH is 1. The van der Waals surface area contributed by atoms with Gasteiger partial charge in [-0.05, 0) is 12.1 Å². The molecule has 0 radical (unpaired) electrons. The van der Waals surface area contributed by atoms with Crippen LogP contribution >= 0.6 is 0 Å². The molecule has 0 atom stereocenters. The van der Waals surface area contributed by atoms with E-state index in [0.717, 1.165) is 17.9 Å². The average molecular weight is 219 g/mol. The third-order valence-corrected chi connectivity index (χ3v) is 1.98. The first kappa shape index (κ1) is 12.4. The van der Waals surface area contributed by atoms with Gasteiger partial charge >= 0.3 is 0 Å². The highest BCUT2D eigenvalue weighted by atomic mass is 16.3. The fourth-order valence-corrected chi connectivity index (χ4v) is 1.15. The Hall–Kier alpha value is -1.68. The Kier molecular flexibility index (Phi) is 5.88. The zero-order valence-corrected chi connectivity index (χ0v) is 9.43. The summed E-state index contributed by atoms with van der Waals surface area (Å²) in [5.41, 5.74) is 0.944. The second-order valence-electron chi connectivity index (χ2n) is 3.18. The lowest BCUT2D eigenvalue weighted by Crippen LogP contribution is -1.91. The molecule has 2 rings (SSSR count). The Morgan fingerprint density at radius 1 is 1.25 bits per heavy atom. The number of rotatable bonds is 3. The summed E-state index contributed by atoms with van der Waals surface area (Å²) < 4.78 is 0. The monoisotopic (exact) mass is 219 g/mol. The molecular weight excluding hydrogens is 202 g/mol. The van der Waals surface area contributed by atoms with Crippen LogP contribution in [0.5, 0.6) is 0 Å². The molecule has 0 aromatic carbocycles. The fourth-order valence-electron chi connectivity index (χ4n) is 1.15. The van der Waals surface area contributed by atoms with Crippen LogP contribution in [0.3, 0.4) is 0 Å². The number of hydrogen-bond donors (Lipinski definition) is 2. The minimum absolute atomic E-state index is 0.178. The first-order valence-electron chi connectivity index (χ1n) is 5.35. The van der Waals surface area contributed by atoms with Gasteiger partial charge in [0.15, 0.2) is 0 Å². The van der Waals surface area contributed by atoms with Gasteiger partial charge < -0.3 is 10.1 Å². The van der Waals surface area contributed by atoms with Crippen LogP contribution in [0.15, 0.2) is 36.8 Å². The van der Waals surface area contributed by atoms with E-state index in [9.17, 15) is 0 Å². The highest BCUT2D eigenvalue weighted by molar-refractivity contribution is 5.03. The number of aryl methyl sites for hydroxylation is 1. The number of nitrogens with one attached hydrogen (secondary N) is 1. The van der Waals surface area contributed by atoms with Gasteiger partial charge in [-0.1, -0.05) is 13.0 Å². The summed E-state index contributed by atoms with van der Waals surface area (Å²) in [5.74, 6) is 1.06. The molecule has 4 nitrogen and oxygen atoms in total. The Morgan fingerprint density at radius 2 is 2.12 bits per heavy atom. The van der Waals surface area contributed by atoms with Gasteiger partial charge in [-0.2, -0.15) is 0 Å². The van der Waals surface area contributed by atoms with Crippen molar-refractivity contribution < 1.29 is 5.11 Å². The van der Waals surface area contributed by atoms with Crippen molar-refractivity contribution in [3.63, 3.8) is 0 Å². The van der Waals surface area contributed by atoms with Gasteiger partial charge in [0, 0.05) is 43.7 Å².